The number of nitrogens with zero attached hydrogens (tertiary/aromatic N) is 1. The lowest BCUT2D eigenvalue weighted by molar-refractivity contribution is -0.140. The van der Waals surface area contributed by atoms with Crippen LogP contribution in [0.25, 0.3) is 0 Å². The van der Waals surface area contributed by atoms with Gasteiger partial charge in [-0.25, -0.2) is 0 Å². The molecule has 0 fully saturated rings. The molecule has 1 aromatic rings. The first kappa shape index (κ1) is 16.7. The summed E-state index contributed by atoms with van der Waals surface area (Å²) < 4.78 is 0.966. The van der Waals surface area contributed by atoms with Crippen LogP contribution in [-0.2, 0) is 9.59 Å². The highest BCUT2D eigenvalue weighted by atomic mass is 79.9. The van der Waals surface area contributed by atoms with Crippen LogP contribution in [0.1, 0.15) is 26.3 Å². The van der Waals surface area contributed by atoms with E-state index in [0.29, 0.717) is 0 Å². The molecule has 1 aromatic carbocycles. The summed E-state index contributed by atoms with van der Waals surface area (Å²) in [6.45, 7) is 7.48. The second kappa shape index (κ2) is 6.39. The molecule has 0 saturated heterocycles. The quantitative estimate of drug-likeness (QED) is 0.918. The van der Waals surface area contributed by atoms with E-state index in [2.05, 4.69) is 21.2 Å². The maximum atomic E-state index is 12.0. The number of hydrogen-bond donors (Lipinski definition) is 1. The molecule has 0 aromatic heterocycles. The lowest BCUT2D eigenvalue weighted by Crippen LogP contribution is -2.41. The first-order valence-corrected chi connectivity index (χ1v) is 7.22. The van der Waals surface area contributed by atoms with Crippen molar-refractivity contribution in [3.05, 3.63) is 28.2 Å². The van der Waals surface area contributed by atoms with Crippen molar-refractivity contribution < 1.29 is 9.59 Å². The summed E-state index contributed by atoms with van der Waals surface area (Å²) in [4.78, 5) is 25.4. The number of likely N-dealkylation sites (N-methyl/N-ethyl adjacent to an activating group) is 1. The van der Waals surface area contributed by atoms with Crippen LogP contribution in [0.3, 0.4) is 0 Å². The SMILES string of the molecule is Cc1cc(Br)ccc1NC(=O)CN(C)C(=O)C(C)(C)C. The standard InChI is InChI=1S/C15H21BrN2O2/c1-10-8-11(16)6-7-12(10)17-13(19)9-18(5)14(20)15(2,3)4/h6-8H,9H2,1-5H3,(H,17,19). The number of carbonyl (C=O) groups is 2. The highest BCUT2D eigenvalue weighted by Gasteiger charge is 2.26. The van der Waals surface area contributed by atoms with Gasteiger partial charge in [-0.2, -0.15) is 0 Å². The van der Waals surface area contributed by atoms with Crippen molar-refractivity contribution in [1.29, 1.82) is 0 Å². The normalized spacial score (nSPS) is 11.1. The van der Waals surface area contributed by atoms with Crippen molar-refractivity contribution >= 4 is 33.4 Å². The fourth-order valence-electron chi connectivity index (χ4n) is 1.82. The molecule has 1 rings (SSSR count). The molecule has 0 aliphatic heterocycles. The Hall–Kier alpha value is -1.36. The number of aryl methyl sites for hydroxylation is 1. The third kappa shape index (κ3) is 4.63. The summed E-state index contributed by atoms with van der Waals surface area (Å²) in [6, 6.07) is 5.63. The monoisotopic (exact) mass is 340 g/mol. The summed E-state index contributed by atoms with van der Waals surface area (Å²) in [7, 11) is 1.64. The van der Waals surface area contributed by atoms with Gasteiger partial charge < -0.3 is 10.2 Å². The lowest BCUT2D eigenvalue weighted by Gasteiger charge is -2.25. The van der Waals surface area contributed by atoms with Gasteiger partial charge in [-0.05, 0) is 30.7 Å². The molecule has 0 saturated carbocycles. The number of benzene rings is 1. The van der Waals surface area contributed by atoms with Crippen LogP contribution in [0.4, 0.5) is 5.69 Å². The van der Waals surface area contributed by atoms with Gasteiger partial charge in [0.05, 0.1) is 6.54 Å². The number of halogens is 1. The molecule has 0 aliphatic rings. The summed E-state index contributed by atoms with van der Waals surface area (Å²) in [5, 5.41) is 2.82. The van der Waals surface area contributed by atoms with Gasteiger partial charge in [-0.1, -0.05) is 36.7 Å². The van der Waals surface area contributed by atoms with E-state index in [1.165, 1.54) is 4.90 Å². The zero-order chi connectivity index (χ0) is 15.5. The maximum Gasteiger partial charge on any atom is 0.243 e. The van der Waals surface area contributed by atoms with Gasteiger partial charge in [0.1, 0.15) is 0 Å². The van der Waals surface area contributed by atoms with Crippen LogP contribution in [0, 0.1) is 12.3 Å². The molecule has 0 aliphatic carbocycles. The van der Waals surface area contributed by atoms with Gasteiger partial charge in [-0.15, -0.1) is 0 Å². The Morgan fingerprint density at radius 3 is 2.40 bits per heavy atom. The van der Waals surface area contributed by atoms with Crippen LogP contribution in [-0.4, -0.2) is 30.3 Å². The van der Waals surface area contributed by atoms with Crippen LogP contribution in [0.15, 0.2) is 22.7 Å². The Kier molecular flexibility index (Phi) is 5.34. The third-order valence-corrected chi connectivity index (χ3v) is 3.32. The zero-order valence-corrected chi connectivity index (χ0v) is 14.2. The minimum absolute atomic E-state index is 0.0472. The molecule has 1 N–H and O–H groups in total. The molecule has 5 heteroatoms. The van der Waals surface area contributed by atoms with Crippen molar-refractivity contribution in [2.75, 3.05) is 18.9 Å². The second-order valence-corrected chi connectivity index (χ2v) is 6.83. The van der Waals surface area contributed by atoms with E-state index in [0.717, 1.165) is 15.7 Å². The molecule has 0 spiro atoms. The largest absolute Gasteiger partial charge is 0.336 e. The van der Waals surface area contributed by atoms with Crippen molar-refractivity contribution in [2.24, 2.45) is 5.41 Å². The van der Waals surface area contributed by atoms with Gasteiger partial charge in [-0.3, -0.25) is 9.59 Å². The molecule has 110 valence electrons. The molecule has 2 amide bonds. The summed E-state index contributed by atoms with van der Waals surface area (Å²) in [5.41, 5.74) is 1.25. The summed E-state index contributed by atoms with van der Waals surface area (Å²) >= 11 is 3.38. The molecule has 0 unspecified atom stereocenters. The van der Waals surface area contributed by atoms with Crippen LogP contribution >= 0.6 is 15.9 Å². The number of anilines is 1. The Balaban J connectivity index is 2.66. The number of nitrogens with one attached hydrogen (secondary N) is 1. The molecular weight excluding hydrogens is 320 g/mol. The third-order valence-electron chi connectivity index (χ3n) is 2.83. The average molecular weight is 341 g/mol. The Labute approximate surface area is 128 Å². The molecule has 4 nitrogen and oxygen atoms in total. The second-order valence-electron chi connectivity index (χ2n) is 5.92. The first-order chi connectivity index (χ1) is 9.11. The van der Waals surface area contributed by atoms with Gasteiger partial charge in [0.2, 0.25) is 11.8 Å². The molecule has 0 heterocycles. The average Bonchev–Trinajstić information content (AvgIpc) is 2.30. The van der Waals surface area contributed by atoms with E-state index < -0.39 is 5.41 Å². The maximum absolute atomic E-state index is 12.0. The minimum atomic E-state index is -0.484. The van der Waals surface area contributed by atoms with E-state index >= 15 is 0 Å². The minimum Gasteiger partial charge on any atom is -0.336 e. The number of amides is 2. The Morgan fingerprint density at radius 1 is 1.30 bits per heavy atom. The van der Waals surface area contributed by atoms with E-state index in [1.54, 1.807) is 7.05 Å². The highest BCUT2D eigenvalue weighted by Crippen LogP contribution is 2.20. The molecule has 0 radical (unpaired) electrons. The van der Waals surface area contributed by atoms with Crippen LogP contribution in [0.5, 0.6) is 0 Å². The lowest BCUT2D eigenvalue weighted by atomic mass is 9.95. The number of hydrogen-bond acceptors (Lipinski definition) is 2. The van der Waals surface area contributed by atoms with Gasteiger partial charge in [0.15, 0.2) is 0 Å². The molecule has 20 heavy (non-hydrogen) atoms. The first-order valence-electron chi connectivity index (χ1n) is 6.43. The van der Waals surface area contributed by atoms with Crippen LogP contribution < -0.4 is 5.32 Å². The predicted molar refractivity (Wildman–Crippen MR) is 84.6 cm³/mol. The van der Waals surface area contributed by atoms with E-state index in [9.17, 15) is 9.59 Å². The molecule has 0 bridgehead atoms. The number of rotatable bonds is 3. The van der Waals surface area contributed by atoms with Gasteiger partial charge >= 0.3 is 0 Å². The number of carbonyl (C=O) groups excluding carboxylic acids is 2. The van der Waals surface area contributed by atoms with Crippen LogP contribution in [0.2, 0.25) is 0 Å². The highest BCUT2D eigenvalue weighted by molar-refractivity contribution is 9.10. The summed E-state index contributed by atoms with van der Waals surface area (Å²) in [5.74, 6) is -0.254. The fourth-order valence-corrected chi connectivity index (χ4v) is 2.29. The Morgan fingerprint density at radius 2 is 1.90 bits per heavy atom. The van der Waals surface area contributed by atoms with Gasteiger partial charge in [0.25, 0.3) is 0 Å². The summed E-state index contributed by atoms with van der Waals surface area (Å²) in [6.07, 6.45) is 0. The van der Waals surface area contributed by atoms with Crippen molar-refractivity contribution in [3.8, 4) is 0 Å². The fraction of sp³-hybridized carbons (Fsp3) is 0.467. The van der Waals surface area contributed by atoms with Crippen molar-refractivity contribution in [1.82, 2.24) is 4.90 Å². The van der Waals surface area contributed by atoms with E-state index in [-0.39, 0.29) is 18.4 Å². The van der Waals surface area contributed by atoms with Crippen molar-refractivity contribution in [2.45, 2.75) is 27.7 Å². The molecular formula is C15H21BrN2O2. The Bertz CT molecular complexity index is 521. The van der Waals surface area contributed by atoms with Crippen molar-refractivity contribution in [3.63, 3.8) is 0 Å². The van der Waals surface area contributed by atoms with Gasteiger partial charge in [0, 0.05) is 22.6 Å². The van der Waals surface area contributed by atoms with E-state index in [1.807, 2.05) is 45.9 Å². The van der Waals surface area contributed by atoms with E-state index in [4.69, 9.17) is 0 Å². The predicted octanol–water partition coefficient (Wildman–Crippen LogP) is 3.20. The smallest absolute Gasteiger partial charge is 0.243 e. The topological polar surface area (TPSA) is 49.4 Å². The molecule has 0 atom stereocenters. The zero-order valence-electron chi connectivity index (χ0n) is 12.6.